The van der Waals surface area contributed by atoms with Gasteiger partial charge in [0.2, 0.25) is 5.91 Å². The van der Waals surface area contributed by atoms with E-state index in [1.165, 1.54) is 5.01 Å². The lowest BCUT2D eigenvalue weighted by Gasteiger charge is -2.27. The molecular weight excluding hydrogens is 318 g/mol. The molecule has 0 aromatic heterocycles. The monoisotopic (exact) mass is 335 g/mol. The number of benzene rings is 1. The average molecular weight is 335 g/mol. The number of hydrogen-bond acceptors (Lipinski definition) is 5. The lowest BCUT2D eigenvalue weighted by Crippen LogP contribution is -2.42. The number of nitrogens with one attached hydrogen (secondary N) is 1. The summed E-state index contributed by atoms with van der Waals surface area (Å²) < 4.78 is 23.2. The van der Waals surface area contributed by atoms with Crippen molar-refractivity contribution in [3.63, 3.8) is 0 Å². The Bertz CT molecular complexity index is 758. The van der Waals surface area contributed by atoms with Gasteiger partial charge in [0.05, 0.1) is 17.5 Å². The highest BCUT2D eigenvalue weighted by molar-refractivity contribution is 7.91. The van der Waals surface area contributed by atoms with Gasteiger partial charge in [0.1, 0.15) is 5.71 Å². The molecule has 2 aliphatic heterocycles. The summed E-state index contributed by atoms with van der Waals surface area (Å²) in [5.41, 5.74) is 0.893. The first-order valence-electron chi connectivity index (χ1n) is 7.41. The van der Waals surface area contributed by atoms with Crippen LogP contribution in [0.3, 0.4) is 0 Å². The molecule has 1 fully saturated rings. The standard InChI is InChI=1S/C15H17N3O4S/c19-14-7-6-13(15(20)16-11-4-2-1-3-5-11)17-18(14)12-8-9-23(21,22)10-12/h1-5,12H,6-10H2,(H,16,20). The largest absolute Gasteiger partial charge is 0.321 e. The van der Waals surface area contributed by atoms with Gasteiger partial charge in [0.15, 0.2) is 9.84 Å². The van der Waals surface area contributed by atoms with E-state index >= 15 is 0 Å². The molecule has 2 heterocycles. The Balaban J connectivity index is 1.76. The number of amides is 2. The SMILES string of the molecule is O=C(Nc1ccccc1)C1=NN(C2CCS(=O)(=O)C2)C(=O)CC1. The van der Waals surface area contributed by atoms with E-state index in [1.807, 2.05) is 6.07 Å². The van der Waals surface area contributed by atoms with Crippen LogP contribution in [0.15, 0.2) is 35.4 Å². The van der Waals surface area contributed by atoms with E-state index in [4.69, 9.17) is 0 Å². The number of sulfone groups is 1. The summed E-state index contributed by atoms with van der Waals surface area (Å²) in [6.07, 6.45) is 0.788. The third-order valence-electron chi connectivity index (χ3n) is 3.91. The highest BCUT2D eigenvalue weighted by Crippen LogP contribution is 2.22. The zero-order valence-electron chi connectivity index (χ0n) is 12.4. The predicted molar refractivity (Wildman–Crippen MR) is 85.6 cm³/mol. The van der Waals surface area contributed by atoms with Crippen molar-refractivity contribution in [3.8, 4) is 0 Å². The molecule has 0 radical (unpaired) electrons. The molecule has 122 valence electrons. The van der Waals surface area contributed by atoms with Gasteiger partial charge in [-0.05, 0) is 18.6 Å². The first-order chi connectivity index (χ1) is 10.9. The number of carbonyl (C=O) groups is 2. The van der Waals surface area contributed by atoms with Crippen molar-refractivity contribution in [1.29, 1.82) is 0 Å². The van der Waals surface area contributed by atoms with Crippen molar-refractivity contribution < 1.29 is 18.0 Å². The van der Waals surface area contributed by atoms with E-state index in [-0.39, 0.29) is 41.9 Å². The number of carbonyl (C=O) groups excluding carboxylic acids is 2. The highest BCUT2D eigenvalue weighted by atomic mass is 32.2. The first kappa shape index (κ1) is 15.7. The van der Waals surface area contributed by atoms with Gasteiger partial charge in [-0.2, -0.15) is 5.10 Å². The van der Waals surface area contributed by atoms with Gasteiger partial charge in [-0.25, -0.2) is 13.4 Å². The number of rotatable bonds is 3. The Morgan fingerprint density at radius 2 is 1.96 bits per heavy atom. The number of hydrogen-bond donors (Lipinski definition) is 1. The zero-order valence-corrected chi connectivity index (χ0v) is 13.3. The molecule has 2 amide bonds. The van der Waals surface area contributed by atoms with Gasteiger partial charge in [0.25, 0.3) is 5.91 Å². The quantitative estimate of drug-likeness (QED) is 0.883. The summed E-state index contributed by atoms with van der Waals surface area (Å²) in [6.45, 7) is 0. The Kier molecular flexibility index (Phi) is 4.16. The molecule has 7 nitrogen and oxygen atoms in total. The summed E-state index contributed by atoms with van der Waals surface area (Å²) in [6, 6.07) is 8.50. The molecule has 23 heavy (non-hydrogen) atoms. The predicted octanol–water partition coefficient (Wildman–Crippen LogP) is 0.791. The topological polar surface area (TPSA) is 95.9 Å². The maximum atomic E-state index is 12.3. The fourth-order valence-electron chi connectivity index (χ4n) is 2.71. The molecule has 3 rings (SSSR count). The van der Waals surface area contributed by atoms with Crippen molar-refractivity contribution >= 4 is 33.1 Å². The first-order valence-corrected chi connectivity index (χ1v) is 9.23. The van der Waals surface area contributed by atoms with Crippen molar-refractivity contribution in [1.82, 2.24) is 5.01 Å². The Hall–Kier alpha value is -2.22. The second-order valence-corrected chi connectivity index (χ2v) is 7.89. The minimum absolute atomic E-state index is 0.0580. The number of hydrazone groups is 1. The number of para-hydroxylation sites is 1. The van der Waals surface area contributed by atoms with Crippen LogP contribution in [0.1, 0.15) is 19.3 Å². The minimum Gasteiger partial charge on any atom is -0.321 e. The third-order valence-corrected chi connectivity index (χ3v) is 5.66. The van der Waals surface area contributed by atoms with Crippen LogP contribution < -0.4 is 5.32 Å². The van der Waals surface area contributed by atoms with Crippen LogP contribution in [0.5, 0.6) is 0 Å². The molecule has 1 unspecified atom stereocenters. The summed E-state index contributed by atoms with van der Waals surface area (Å²) in [5, 5.41) is 8.05. The fourth-order valence-corrected chi connectivity index (χ4v) is 4.40. The van der Waals surface area contributed by atoms with Crippen molar-refractivity contribution in [2.24, 2.45) is 5.10 Å². The van der Waals surface area contributed by atoms with E-state index in [9.17, 15) is 18.0 Å². The smallest absolute Gasteiger partial charge is 0.271 e. The lowest BCUT2D eigenvalue weighted by atomic mass is 10.1. The molecule has 1 saturated heterocycles. The van der Waals surface area contributed by atoms with E-state index in [2.05, 4.69) is 10.4 Å². The van der Waals surface area contributed by atoms with Gasteiger partial charge in [-0.15, -0.1) is 0 Å². The van der Waals surface area contributed by atoms with Crippen LogP contribution in [0.4, 0.5) is 5.69 Å². The normalized spacial score (nSPS) is 23.5. The van der Waals surface area contributed by atoms with Gasteiger partial charge < -0.3 is 5.32 Å². The van der Waals surface area contributed by atoms with E-state index in [0.29, 0.717) is 12.1 Å². The summed E-state index contributed by atoms with van der Waals surface area (Å²) in [7, 11) is -3.12. The van der Waals surface area contributed by atoms with E-state index in [0.717, 1.165) is 0 Å². The molecule has 1 N–H and O–H groups in total. The van der Waals surface area contributed by atoms with Crippen LogP contribution in [0, 0.1) is 0 Å². The third kappa shape index (κ3) is 3.58. The average Bonchev–Trinajstić information content (AvgIpc) is 2.88. The van der Waals surface area contributed by atoms with Gasteiger partial charge in [-0.3, -0.25) is 9.59 Å². The van der Waals surface area contributed by atoms with Crippen LogP contribution >= 0.6 is 0 Å². The second-order valence-electron chi connectivity index (χ2n) is 5.66. The summed E-state index contributed by atoms with van der Waals surface area (Å²) >= 11 is 0. The molecule has 1 atom stereocenters. The van der Waals surface area contributed by atoms with E-state index in [1.54, 1.807) is 24.3 Å². The Morgan fingerprint density at radius 3 is 2.61 bits per heavy atom. The lowest BCUT2D eigenvalue weighted by molar-refractivity contribution is -0.133. The van der Waals surface area contributed by atoms with Gasteiger partial charge in [0, 0.05) is 18.5 Å². The molecule has 1 aromatic carbocycles. The molecule has 0 saturated carbocycles. The maximum Gasteiger partial charge on any atom is 0.271 e. The van der Waals surface area contributed by atoms with Crippen LogP contribution in [0.2, 0.25) is 0 Å². The minimum atomic E-state index is -3.12. The van der Waals surface area contributed by atoms with Crippen LogP contribution in [0.25, 0.3) is 0 Å². The molecule has 0 aliphatic carbocycles. The Labute approximate surface area is 134 Å². The molecule has 0 spiro atoms. The second kappa shape index (κ2) is 6.11. The summed E-state index contributed by atoms with van der Waals surface area (Å²) in [5.74, 6) is -0.629. The van der Waals surface area contributed by atoms with Crippen LogP contribution in [-0.2, 0) is 19.4 Å². The van der Waals surface area contributed by atoms with Crippen molar-refractivity contribution in [2.45, 2.75) is 25.3 Å². The van der Waals surface area contributed by atoms with Gasteiger partial charge in [-0.1, -0.05) is 18.2 Å². The van der Waals surface area contributed by atoms with Crippen molar-refractivity contribution in [2.75, 3.05) is 16.8 Å². The summed E-state index contributed by atoms with van der Waals surface area (Å²) in [4.78, 5) is 24.3. The molecular formula is C15H17N3O4S. The molecule has 0 bridgehead atoms. The maximum absolute atomic E-state index is 12.3. The number of anilines is 1. The fraction of sp³-hybridized carbons (Fsp3) is 0.400. The zero-order chi connectivity index (χ0) is 16.4. The van der Waals surface area contributed by atoms with Crippen LogP contribution in [-0.4, -0.2) is 48.5 Å². The molecule has 8 heteroatoms. The molecule has 1 aromatic rings. The van der Waals surface area contributed by atoms with Gasteiger partial charge >= 0.3 is 0 Å². The molecule has 2 aliphatic rings. The van der Waals surface area contributed by atoms with E-state index < -0.39 is 15.9 Å². The Morgan fingerprint density at radius 1 is 1.22 bits per heavy atom. The van der Waals surface area contributed by atoms with Crippen molar-refractivity contribution in [3.05, 3.63) is 30.3 Å². The number of nitrogens with zero attached hydrogens (tertiary/aromatic N) is 2. The highest BCUT2D eigenvalue weighted by Gasteiger charge is 2.37.